The first-order valence-corrected chi connectivity index (χ1v) is 7.61. The van der Waals surface area contributed by atoms with Crippen molar-refractivity contribution in [3.63, 3.8) is 0 Å². The van der Waals surface area contributed by atoms with Crippen LogP contribution in [0.2, 0.25) is 0 Å². The van der Waals surface area contributed by atoms with Crippen molar-refractivity contribution in [2.45, 2.75) is 11.9 Å². The quantitative estimate of drug-likeness (QED) is 0.645. The molecule has 0 spiro atoms. The number of benzene rings is 1. The largest absolute Gasteiger partial charge is 0.384 e. The molecule has 0 saturated heterocycles. The molecule has 2 rings (SSSR count). The number of amidine groups is 1. The number of nitrogens with one attached hydrogen (secondary N) is 1. The minimum atomic E-state index is -3.80. The van der Waals surface area contributed by atoms with Gasteiger partial charge in [0.15, 0.2) is 5.03 Å². The van der Waals surface area contributed by atoms with Gasteiger partial charge in [-0.15, -0.1) is 0 Å². The van der Waals surface area contributed by atoms with Crippen LogP contribution < -0.4 is 10.0 Å². The van der Waals surface area contributed by atoms with Crippen LogP contribution >= 0.6 is 0 Å². The average Bonchev–Trinajstić information content (AvgIpc) is 2.78. The van der Waals surface area contributed by atoms with Gasteiger partial charge in [0.25, 0.3) is 10.0 Å². The number of rotatable bonds is 4. The van der Waals surface area contributed by atoms with Crippen molar-refractivity contribution in [1.29, 1.82) is 5.41 Å². The van der Waals surface area contributed by atoms with E-state index in [0.717, 1.165) is 4.31 Å². The lowest BCUT2D eigenvalue weighted by molar-refractivity contribution is 0.591. The average molecular weight is 307 g/mol. The van der Waals surface area contributed by atoms with Gasteiger partial charge in [-0.2, -0.15) is 8.42 Å². The molecule has 0 bridgehead atoms. The predicted molar refractivity (Wildman–Crippen MR) is 81.0 cm³/mol. The summed E-state index contributed by atoms with van der Waals surface area (Å²) >= 11 is 0. The Morgan fingerprint density at radius 1 is 1.38 bits per heavy atom. The van der Waals surface area contributed by atoms with Crippen LogP contribution in [0.5, 0.6) is 0 Å². The highest BCUT2D eigenvalue weighted by Gasteiger charge is 2.26. The first-order valence-electron chi connectivity index (χ1n) is 6.17. The summed E-state index contributed by atoms with van der Waals surface area (Å²) in [6.45, 7) is 1.72. The van der Waals surface area contributed by atoms with Crippen molar-refractivity contribution in [2.75, 3.05) is 11.4 Å². The molecule has 0 unspecified atom stereocenters. The highest BCUT2D eigenvalue weighted by atomic mass is 32.2. The Balaban J connectivity index is 2.53. The number of anilines is 1. The molecule has 2 aromatic rings. The predicted octanol–water partition coefficient (Wildman–Crippen LogP) is 0.838. The van der Waals surface area contributed by atoms with Gasteiger partial charge >= 0.3 is 0 Å². The summed E-state index contributed by atoms with van der Waals surface area (Å²) in [7, 11) is -0.656. The summed E-state index contributed by atoms with van der Waals surface area (Å²) in [6.07, 6.45) is 1.46. The molecular formula is C13H17N5O2S. The van der Waals surface area contributed by atoms with Crippen molar-refractivity contribution in [1.82, 2.24) is 9.55 Å². The number of sulfonamides is 1. The second-order valence-corrected chi connectivity index (χ2v) is 6.56. The second-order valence-electron chi connectivity index (χ2n) is 4.64. The van der Waals surface area contributed by atoms with E-state index >= 15 is 0 Å². The highest BCUT2D eigenvalue weighted by Crippen LogP contribution is 2.24. The number of aryl methyl sites for hydroxylation is 2. The van der Waals surface area contributed by atoms with Gasteiger partial charge in [-0.3, -0.25) is 9.71 Å². The molecule has 7 nitrogen and oxygen atoms in total. The monoisotopic (exact) mass is 307 g/mol. The number of hydrogen-bond acceptors (Lipinski definition) is 4. The van der Waals surface area contributed by atoms with Crippen LogP contribution in [0.25, 0.3) is 0 Å². The smallest absolute Gasteiger partial charge is 0.283 e. The molecule has 1 heterocycles. The van der Waals surface area contributed by atoms with Crippen LogP contribution in [-0.4, -0.2) is 30.9 Å². The summed E-state index contributed by atoms with van der Waals surface area (Å²) < 4.78 is 27.9. The summed E-state index contributed by atoms with van der Waals surface area (Å²) in [6, 6.07) is 6.60. The lowest BCUT2D eigenvalue weighted by Crippen LogP contribution is -2.29. The molecule has 1 aromatic heterocycles. The van der Waals surface area contributed by atoms with Gasteiger partial charge in [0.2, 0.25) is 0 Å². The third-order valence-corrected chi connectivity index (χ3v) is 4.89. The molecule has 21 heavy (non-hydrogen) atoms. The summed E-state index contributed by atoms with van der Waals surface area (Å²) in [5, 5.41) is 7.51. The lowest BCUT2D eigenvalue weighted by atomic mass is 10.1. The zero-order chi connectivity index (χ0) is 15.8. The molecule has 3 N–H and O–H groups in total. The van der Waals surface area contributed by atoms with Crippen molar-refractivity contribution in [3.8, 4) is 0 Å². The Labute approximate surface area is 123 Å². The van der Waals surface area contributed by atoms with Crippen LogP contribution in [-0.2, 0) is 17.1 Å². The zero-order valence-electron chi connectivity index (χ0n) is 12.0. The number of hydrogen-bond donors (Lipinski definition) is 2. The number of nitrogen functional groups attached to an aromatic ring is 1. The molecular weight excluding hydrogens is 290 g/mol. The summed E-state index contributed by atoms with van der Waals surface area (Å²) in [4.78, 5) is 4.05. The molecule has 0 aliphatic carbocycles. The standard InChI is InChI=1S/C13H17N5O2S/c1-9-16-12(8-17(9)2)21(19,20)18(3)11-7-5-4-6-10(11)13(14)15/h4-8H,1-3H3,(H3,14,15). The first-order chi connectivity index (χ1) is 9.75. The van der Waals surface area contributed by atoms with E-state index in [0.29, 0.717) is 17.1 Å². The van der Waals surface area contributed by atoms with Gasteiger partial charge in [-0.1, -0.05) is 12.1 Å². The fourth-order valence-corrected chi connectivity index (χ4v) is 3.13. The Hall–Kier alpha value is -2.35. The molecule has 8 heteroatoms. The number of para-hydroxylation sites is 1. The third kappa shape index (κ3) is 2.62. The Kier molecular flexibility index (Phi) is 3.73. The van der Waals surface area contributed by atoms with E-state index in [9.17, 15) is 8.42 Å². The molecule has 0 aliphatic heterocycles. The number of nitrogens with zero attached hydrogens (tertiary/aromatic N) is 3. The molecule has 0 atom stereocenters. The van der Waals surface area contributed by atoms with E-state index in [2.05, 4.69) is 4.98 Å². The van der Waals surface area contributed by atoms with Crippen molar-refractivity contribution >= 4 is 21.5 Å². The maximum absolute atomic E-state index is 12.6. The van der Waals surface area contributed by atoms with Crippen molar-refractivity contribution in [3.05, 3.63) is 41.9 Å². The van der Waals surface area contributed by atoms with E-state index < -0.39 is 10.0 Å². The molecule has 0 fully saturated rings. The number of aromatic nitrogens is 2. The fraction of sp³-hybridized carbons (Fsp3) is 0.231. The third-order valence-electron chi connectivity index (χ3n) is 3.24. The van der Waals surface area contributed by atoms with Gasteiger partial charge < -0.3 is 10.3 Å². The Morgan fingerprint density at radius 2 is 2.00 bits per heavy atom. The maximum Gasteiger partial charge on any atom is 0.283 e. The number of imidazole rings is 1. The lowest BCUT2D eigenvalue weighted by Gasteiger charge is -2.20. The van der Waals surface area contributed by atoms with Gasteiger partial charge in [-0.25, -0.2) is 4.98 Å². The fourth-order valence-electron chi connectivity index (χ4n) is 1.90. The Morgan fingerprint density at radius 3 is 2.52 bits per heavy atom. The topological polar surface area (TPSA) is 105 Å². The van der Waals surface area contributed by atoms with E-state index in [1.165, 1.54) is 13.2 Å². The summed E-state index contributed by atoms with van der Waals surface area (Å²) in [5.74, 6) is 0.409. The minimum absolute atomic E-state index is 0.0386. The minimum Gasteiger partial charge on any atom is -0.384 e. The van der Waals surface area contributed by atoms with E-state index in [4.69, 9.17) is 11.1 Å². The highest BCUT2D eigenvalue weighted by molar-refractivity contribution is 7.92. The van der Waals surface area contributed by atoms with Crippen LogP contribution in [0.3, 0.4) is 0 Å². The van der Waals surface area contributed by atoms with E-state index in [1.807, 2.05) is 0 Å². The van der Waals surface area contributed by atoms with Crippen LogP contribution in [0.1, 0.15) is 11.4 Å². The molecule has 0 aliphatic rings. The molecule has 0 radical (unpaired) electrons. The van der Waals surface area contributed by atoms with Crippen molar-refractivity contribution in [2.24, 2.45) is 12.8 Å². The molecule has 0 amide bonds. The van der Waals surface area contributed by atoms with Crippen LogP contribution in [0.4, 0.5) is 5.69 Å². The first kappa shape index (κ1) is 15.0. The molecule has 112 valence electrons. The summed E-state index contributed by atoms with van der Waals surface area (Å²) in [5.41, 5.74) is 6.20. The van der Waals surface area contributed by atoms with Gasteiger partial charge in [-0.05, 0) is 19.1 Å². The van der Waals surface area contributed by atoms with Gasteiger partial charge in [0, 0.05) is 25.9 Å². The Bertz CT molecular complexity index is 775. The second kappa shape index (κ2) is 5.21. The van der Waals surface area contributed by atoms with Crippen molar-refractivity contribution < 1.29 is 8.42 Å². The van der Waals surface area contributed by atoms with Crippen LogP contribution in [0, 0.1) is 12.3 Å². The van der Waals surface area contributed by atoms with Gasteiger partial charge in [0.05, 0.1) is 5.69 Å². The normalized spacial score (nSPS) is 11.4. The zero-order valence-corrected chi connectivity index (χ0v) is 12.8. The van der Waals surface area contributed by atoms with E-state index in [1.54, 1.807) is 42.8 Å². The SMILES string of the molecule is Cc1nc(S(=O)(=O)N(C)c2ccccc2C(=N)N)cn1C. The molecule has 0 saturated carbocycles. The number of nitrogens with two attached hydrogens (primary N) is 1. The van der Waals surface area contributed by atoms with E-state index in [-0.39, 0.29) is 10.9 Å². The van der Waals surface area contributed by atoms with Gasteiger partial charge in [0.1, 0.15) is 11.7 Å². The van der Waals surface area contributed by atoms with Crippen LogP contribution in [0.15, 0.2) is 35.5 Å². The molecule has 1 aromatic carbocycles. The maximum atomic E-state index is 12.6.